The van der Waals surface area contributed by atoms with E-state index in [4.69, 9.17) is 11.6 Å². The van der Waals surface area contributed by atoms with Gasteiger partial charge in [0, 0.05) is 17.5 Å². The van der Waals surface area contributed by atoms with Crippen LogP contribution in [-0.2, 0) is 10.0 Å². The van der Waals surface area contributed by atoms with Gasteiger partial charge in [0.1, 0.15) is 9.92 Å². The van der Waals surface area contributed by atoms with Gasteiger partial charge in [-0.1, -0.05) is 11.6 Å². The van der Waals surface area contributed by atoms with Gasteiger partial charge in [-0.25, -0.2) is 17.8 Å². The molecule has 4 rings (SSSR count). The van der Waals surface area contributed by atoms with Gasteiger partial charge in [-0.15, -0.1) is 11.3 Å². The molecule has 6 nitrogen and oxygen atoms in total. The lowest BCUT2D eigenvalue weighted by molar-refractivity contribution is 0.209. The Kier molecular flexibility index (Phi) is 5.28. The molecule has 28 heavy (non-hydrogen) atoms. The van der Waals surface area contributed by atoms with Crippen molar-refractivity contribution in [2.24, 2.45) is 0 Å². The fourth-order valence-electron chi connectivity index (χ4n) is 4.22. The number of thiazole rings is 1. The fraction of sp³-hybridized carbons (Fsp3) is 0.500. The first-order valence-corrected chi connectivity index (χ1v) is 12.0. The van der Waals surface area contributed by atoms with Gasteiger partial charge in [-0.05, 0) is 57.8 Å². The van der Waals surface area contributed by atoms with Crippen LogP contribution in [0.25, 0.3) is 0 Å². The van der Waals surface area contributed by atoms with Gasteiger partial charge >= 0.3 is 0 Å². The van der Waals surface area contributed by atoms with E-state index >= 15 is 0 Å². The fourth-order valence-corrected chi connectivity index (χ4v) is 6.53. The third-order valence-corrected chi connectivity index (χ3v) is 8.33. The van der Waals surface area contributed by atoms with Crippen molar-refractivity contribution in [3.8, 4) is 0 Å². The van der Waals surface area contributed by atoms with Crippen molar-refractivity contribution in [1.82, 2.24) is 9.88 Å². The van der Waals surface area contributed by atoms with Gasteiger partial charge in [0.25, 0.3) is 10.0 Å². The van der Waals surface area contributed by atoms with Gasteiger partial charge in [-0.2, -0.15) is 0 Å². The number of halogens is 2. The Labute approximate surface area is 173 Å². The zero-order chi connectivity index (χ0) is 19.9. The van der Waals surface area contributed by atoms with Gasteiger partial charge in [0.15, 0.2) is 10.9 Å². The number of sulfonamides is 1. The monoisotopic (exact) mass is 444 g/mol. The molecule has 0 radical (unpaired) electrons. The van der Waals surface area contributed by atoms with E-state index < -0.39 is 20.7 Å². The van der Waals surface area contributed by atoms with Gasteiger partial charge in [0.2, 0.25) is 0 Å². The summed E-state index contributed by atoms with van der Waals surface area (Å²) in [7, 11) is -4.11. The minimum Gasteiger partial charge on any atom is -0.382 e. The summed E-state index contributed by atoms with van der Waals surface area (Å²) in [6.45, 7) is 4.63. The van der Waals surface area contributed by atoms with Crippen LogP contribution in [0.4, 0.5) is 15.2 Å². The number of hydrogen-bond donors (Lipinski definition) is 2. The minimum atomic E-state index is -4.11. The summed E-state index contributed by atoms with van der Waals surface area (Å²) < 4.78 is 42.2. The lowest BCUT2D eigenvalue weighted by Gasteiger charge is -2.32. The van der Waals surface area contributed by atoms with E-state index in [1.165, 1.54) is 25.0 Å². The Hall–Kier alpha value is -1.42. The summed E-state index contributed by atoms with van der Waals surface area (Å²) in [6, 6.07) is 2.77. The first-order chi connectivity index (χ1) is 13.3. The molecule has 0 saturated carbocycles. The minimum absolute atomic E-state index is 0.106. The number of fused-ring (bicyclic) bond motifs is 1. The number of nitrogens with zero attached hydrogens (tertiary/aromatic N) is 2. The van der Waals surface area contributed by atoms with Crippen LogP contribution in [0, 0.1) is 12.7 Å². The average molecular weight is 445 g/mol. The maximum absolute atomic E-state index is 14.8. The van der Waals surface area contributed by atoms with Crippen LogP contribution in [0.5, 0.6) is 0 Å². The van der Waals surface area contributed by atoms with Crippen molar-refractivity contribution >= 4 is 43.8 Å². The Morgan fingerprint density at radius 3 is 2.68 bits per heavy atom. The summed E-state index contributed by atoms with van der Waals surface area (Å²) in [4.78, 5) is 6.05. The third-order valence-electron chi connectivity index (χ3n) is 5.60. The summed E-state index contributed by atoms with van der Waals surface area (Å²) in [5, 5.41) is 4.94. The SMILES string of the molecule is Cc1csc(NS(=O)(=O)c2ccc(NCC34CCCN3CCC4)c(Cl)c2F)n1. The molecule has 2 N–H and O–H groups in total. The Balaban J connectivity index is 1.53. The summed E-state index contributed by atoms with van der Waals surface area (Å²) >= 11 is 7.32. The summed E-state index contributed by atoms with van der Waals surface area (Å²) in [5.41, 5.74) is 1.21. The van der Waals surface area contributed by atoms with Crippen molar-refractivity contribution in [2.75, 3.05) is 29.7 Å². The van der Waals surface area contributed by atoms with Crippen LogP contribution in [0.3, 0.4) is 0 Å². The molecule has 0 spiro atoms. The molecule has 0 unspecified atom stereocenters. The van der Waals surface area contributed by atoms with Crippen LogP contribution in [0.1, 0.15) is 31.4 Å². The van der Waals surface area contributed by atoms with Gasteiger partial charge in [-0.3, -0.25) is 9.62 Å². The number of nitrogens with one attached hydrogen (secondary N) is 2. The van der Waals surface area contributed by atoms with Crippen molar-refractivity contribution < 1.29 is 12.8 Å². The first kappa shape index (κ1) is 19.9. The molecule has 2 aromatic rings. The lowest BCUT2D eigenvalue weighted by atomic mass is 9.94. The Morgan fingerprint density at radius 2 is 2.04 bits per heavy atom. The zero-order valence-corrected chi connectivity index (χ0v) is 17.9. The second kappa shape index (κ2) is 7.44. The van der Waals surface area contributed by atoms with Crippen molar-refractivity contribution in [3.05, 3.63) is 34.0 Å². The zero-order valence-electron chi connectivity index (χ0n) is 15.5. The van der Waals surface area contributed by atoms with E-state index in [0.717, 1.165) is 37.3 Å². The Bertz CT molecular complexity index is 985. The number of aryl methyl sites for hydroxylation is 1. The number of aromatic nitrogens is 1. The van der Waals surface area contributed by atoms with Gasteiger partial charge < -0.3 is 5.32 Å². The lowest BCUT2D eigenvalue weighted by Crippen LogP contribution is -2.44. The van der Waals surface area contributed by atoms with Crippen molar-refractivity contribution in [3.63, 3.8) is 0 Å². The smallest absolute Gasteiger partial charge is 0.266 e. The van der Waals surface area contributed by atoms with E-state index in [-0.39, 0.29) is 15.7 Å². The molecule has 152 valence electrons. The molecule has 3 heterocycles. The average Bonchev–Trinajstić information content (AvgIpc) is 3.31. The summed E-state index contributed by atoms with van der Waals surface area (Å²) in [6.07, 6.45) is 4.57. The predicted octanol–water partition coefficient (Wildman–Crippen LogP) is 4.09. The van der Waals surface area contributed by atoms with E-state index in [0.29, 0.717) is 17.9 Å². The predicted molar refractivity (Wildman–Crippen MR) is 110 cm³/mol. The van der Waals surface area contributed by atoms with E-state index in [9.17, 15) is 12.8 Å². The van der Waals surface area contributed by atoms with Crippen LogP contribution in [0.2, 0.25) is 5.02 Å². The molecule has 10 heteroatoms. The molecule has 2 aliphatic rings. The largest absolute Gasteiger partial charge is 0.382 e. The van der Waals surface area contributed by atoms with Crippen LogP contribution < -0.4 is 10.0 Å². The molecule has 1 aromatic heterocycles. The van der Waals surface area contributed by atoms with E-state index in [1.54, 1.807) is 12.3 Å². The molecule has 0 atom stereocenters. The highest BCUT2D eigenvalue weighted by Crippen LogP contribution is 2.39. The second-order valence-corrected chi connectivity index (χ2v) is 10.3. The second-order valence-electron chi connectivity index (χ2n) is 7.41. The quantitative estimate of drug-likeness (QED) is 0.702. The maximum atomic E-state index is 14.8. The maximum Gasteiger partial charge on any atom is 0.266 e. The number of benzene rings is 1. The Morgan fingerprint density at radius 1 is 1.32 bits per heavy atom. The van der Waals surface area contributed by atoms with Crippen LogP contribution >= 0.6 is 22.9 Å². The molecular formula is C18H22ClFN4O2S2. The molecule has 0 aliphatic carbocycles. The topological polar surface area (TPSA) is 74.3 Å². The van der Waals surface area contributed by atoms with Crippen LogP contribution in [-0.4, -0.2) is 43.5 Å². The molecule has 1 aromatic carbocycles. The van der Waals surface area contributed by atoms with E-state index in [2.05, 4.69) is 19.9 Å². The number of rotatable bonds is 6. The molecule has 2 aliphatic heterocycles. The first-order valence-electron chi connectivity index (χ1n) is 9.23. The molecule has 2 fully saturated rings. The van der Waals surface area contributed by atoms with Crippen molar-refractivity contribution in [1.29, 1.82) is 0 Å². The third kappa shape index (κ3) is 3.60. The highest BCUT2D eigenvalue weighted by Gasteiger charge is 2.43. The number of hydrogen-bond acceptors (Lipinski definition) is 6. The highest BCUT2D eigenvalue weighted by atomic mass is 35.5. The highest BCUT2D eigenvalue weighted by molar-refractivity contribution is 7.93. The molecular weight excluding hydrogens is 423 g/mol. The van der Waals surface area contributed by atoms with Gasteiger partial charge in [0.05, 0.1) is 11.4 Å². The standard InChI is InChI=1S/C18H22ClFN4O2S2/c1-12-10-27-17(22-12)23-28(25,26)14-5-4-13(15(19)16(14)20)21-11-18-6-2-8-24(18)9-3-7-18/h4-5,10,21H,2-3,6-9,11H2,1H3,(H,22,23). The van der Waals surface area contributed by atoms with E-state index in [1.807, 2.05) is 0 Å². The number of anilines is 2. The normalized spacial score (nSPS) is 19.0. The van der Waals surface area contributed by atoms with Crippen LogP contribution in [0.15, 0.2) is 22.4 Å². The molecule has 2 saturated heterocycles. The summed E-state index contributed by atoms with van der Waals surface area (Å²) in [5.74, 6) is -0.959. The molecule has 0 amide bonds. The molecule has 0 bridgehead atoms. The van der Waals surface area contributed by atoms with Crippen molar-refractivity contribution in [2.45, 2.75) is 43.0 Å².